The first-order chi connectivity index (χ1) is 9.64. The van der Waals surface area contributed by atoms with Gasteiger partial charge in [0.15, 0.2) is 0 Å². The molecule has 104 valence electrons. The maximum absolute atomic E-state index is 12.2. The number of carbonyl (C=O) groups excluding carboxylic acids is 1. The fourth-order valence-electron chi connectivity index (χ4n) is 2.38. The summed E-state index contributed by atoms with van der Waals surface area (Å²) in [5.41, 5.74) is 2.24. The molecule has 0 atom stereocenters. The quantitative estimate of drug-likeness (QED) is 0.793. The number of carbonyl (C=O) groups is 1. The van der Waals surface area contributed by atoms with E-state index in [0.717, 1.165) is 11.1 Å². The first-order valence-corrected chi connectivity index (χ1v) is 6.65. The predicted molar refractivity (Wildman–Crippen MR) is 78.9 cm³/mol. The van der Waals surface area contributed by atoms with Crippen molar-refractivity contribution < 1.29 is 14.0 Å². The van der Waals surface area contributed by atoms with Crippen molar-refractivity contribution in [3.63, 3.8) is 0 Å². The van der Waals surface area contributed by atoms with E-state index in [0.29, 0.717) is 13.1 Å². The summed E-state index contributed by atoms with van der Waals surface area (Å²) in [6, 6.07) is 20.0. The van der Waals surface area contributed by atoms with Crippen molar-refractivity contribution in [3.8, 4) is 0 Å². The van der Waals surface area contributed by atoms with Gasteiger partial charge in [0.1, 0.15) is 13.1 Å². The Bertz CT molecular complexity index is 510. The zero-order chi connectivity index (χ0) is 14.4. The molecule has 0 fully saturated rings. The topological polar surface area (TPSA) is 26.3 Å². The maximum Gasteiger partial charge on any atom is 0.516 e. The molecule has 2 aromatic rings. The molecule has 3 nitrogen and oxygen atoms in total. The molecule has 0 heterocycles. The lowest BCUT2D eigenvalue weighted by atomic mass is 10.1. The van der Waals surface area contributed by atoms with Crippen molar-refractivity contribution in [1.29, 1.82) is 0 Å². The van der Waals surface area contributed by atoms with Crippen LogP contribution in [0.3, 0.4) is 0 Å². The lowest BCUT2D eigenvalue weighted by Crippen LogP contribution is -2.47. The number of methoxy groups -OCH3 is 1. The summed E-state index contributed by atoms with van der Waals surface area (Å²) in [5, 5.41) is 0. The fourth-order valence-corrected chi connectivity index (χ4v) is 2.38. The van der Waals surface area contributed by atoms with Gasteiger partial charge in [-0.1, -0.05) is 60.7 Å². The van der Waals surface area contributed by atoms with E-state index in [9.17, 15) is 4.79 Å². The van der Waals surface area contributed by atoms with Crippen molar-refractivity contribution >= 4 is 6.09 Å². The first-order valence-electron chi connectivity index (χ1n) is 6.65. The van der Waals surface area contributed by atoms with Crippen LogP contribution in [0.2, 0.25) is 0 Å². The Kier molecular flexibility index (Phi) is 4.53. The Morgan fingerprint density at radius 3 is 1.65 bits per heavy atom. The Hall–Kier alpha value is -2.13. The Morgan fingerprint density at radius 2 is 1.30 bits per heavy atom. The summed E-state index contributed by atoms with van der Waals surface area (Å²) in [5.74, 6) is 0. The average Bonchev–Trinajstić information content (AvgIpc) is 2.48. The molecule has 3 heteroatoms. The van der Waals surface area contributed by atoms with Gasteiger partial charge in [0.25, 0.3) is 0 Å². The van der Waals surface area contributed by atoms with Crippen LogP contribution in [-0.2, 0) is 17.8 Å². The molecule has 0 saturated carbocycles. The van der Waals surface area contributed by atoms with E-state index in [1.54, 1.807) is 0 Å². The van der Waals surface area contributed by atoms with Gasteiger partial charge in [-0.3, -0.25) is 0 Å². The summed E-state index contributed by atoms with van der Waals surface area (Å²) in [6.45, 7) is 1.23. The fraction of sp³-hybridized carbons (Fsp3) is 0.235. The molecule has 0 N–H and O–H groups in total. The van der Waals surface area contributed by atoms with Gasteiger partial charge in [0, 0.05) is 11.1 Å². The third kappa shape index (κ3) is 3.45. The van der Waals surface area contributed by atoms with Crippen LogP contribution in [0, 0.1) is 0 Å². The van der Waals surface area contributed by atoms with Crippen LogP contribution < -0.4 is 0 Å². The van der Waals surface area contributed by atoms with Gasteiger partial charge < -0.3 is 4.74 Å². The smallest absolute Gasteiger partial charge is 0.423 e. The number of amides is 1. The Labute approximate surface area is 120 Å². The second-order valence-corrected chi connectivity index (χ2v) is 5.15. The zero-order valence-electron chi connectivity index (χ0n) is 12.0. The van der Waals surface area contributed by atoms with E-state index < -0.39 is 0 Å². The number of hydrogen-bond acceptors (Lipinski definition) is 2. The van der Waals surface area contributed by atoms with E-state index in [1.165, 1.54) is 7.11 Å². The molecule has 0 aromatic heterocycles. The molecule has 0 unspecified atom stereocenters. The van der Waals surface area contributed by atoms with E-state index in [2.05, 4.69) is 0 Å². The SMILES string of the molecule is COC(=O)[N+](C)(Cc1ccccc1)Cc1ccccc1. The van der Waals surface area contributed by atoms with Gasteiger partial charge in [0.2, 0.25) is 0 Å². The third-order valence-electron chi connectivity index (χ3n) is 3.36. The highest BCUT2D eigenvalue weighted by Crippen LogP contribution is 2.18. The zero-order valence-corrected chi connectivity index (χ0v) is 12.0. The predicted octanol–water partition coefficient (Wildman–Crippen LogP) is 3.60. The standard InChI is InChI=1S/C17H20NO2/c1-18(17(19)20-2,13-15-9-5-3-6-10-15)14-16-11-7-4-8-12-16/h3-12H,13-14H2,1-2H3/q+1. The molecule has 0 spiro atoms. The molecule has 0 bridgehead atoms. The van der Waals surface area contributed by atoms with Crippen LogP contribution in [0.5, 0.6) is 0 Å². The van der Waals surface area contributed by atoms with Crippen molar-refractivity contribution in [2.75, 3.05) is 14.2 Å². The summed E-state index contributed by atoms with van der Waals surface area (Å²) < 4.78 is 5.19. The molecular weight excluding hydrogens is 250 g/mol. The van der Waals surface area contributed by atoms with Gasteiger partial charge in [-0.2, -0.15) is 4.79 Å². The van der Waals surface area contributed by atoms with Crippen LogP contribution in [0.15, 0.2) is 60.7 Å². The van der Waals surface area contributed by atoms with Crippen LogP contribution in [0.25, 0.3) is 0 Å². The highest BCUT2D eigenvalue weighted by atomic mass is 16.5. The number of ether oxygens (including phenoxy) is 1. The molecule has 2 aromatic carbocycles. The van der Waals surface area contributed by atoms with Gasteiger partial charge in [-0.15, -0.1) is 0 Å². The second kappa shape index (κ2) is 6.35. The molecule has 0 aliphatic carbocycles. The lowest BCUT2D eigenvalue weighted by molar-refractivity contribution is -0.864. The van der Waals surface area contributed by atoms with Gasteiger partial charge in [-0.05, 0) is 0 Å². The molecule has 2 rings (SSSR count). The molecule has 0 aliphatic heterocycles. The number of quaternary nitrogens is 1. The monoisotopic (exact) mass is 270 g/mol. The maximum atomic E-state index is 12.2. The summed E-state index contributed by atoms with van der Waals surface area (Å²) in [7, 11) is 3.35. The van der Waals surface area contributed by atoms with Gasteiger partial charge in [0.05, 0.1) is 14.2 Å². The van der Waals surface area contributed by atoms with Crippen LogP contribution >= 0.6 is 0 Å². The Balaban J connectivity index is 2.24. The van der Waals surface area contributed by atoms with E-state index in [-0.39, 0.29) is 10.6 Å². The van der Waals surface area contributed by atoms with Crippen LogP contribution in [0.1, 0.15) is 11.1 Å². The van der Waals surface area contributed by atoms with Gasteiger partial charge in [-0.25, -0.2) is 4.48 Å². The molecule has 1 amide bonds. The second-order valence-electron chi connectivity index (χ2n) is 5.15. The summed E-state index contributed by atoms with van der Waals surface area (Å²) >= 11 is 0. The van der Waals surface area contributed by atoms with Crippen molar-refractivity contribution in [3.05, 3.63) is 71.8 Å². The third-order valence-corrected chi connectivity index (χ3v) is 3.36. The number of hydrogen-bond donors (Lipinski definition) is 0. The van der Waals surface area contributed by atoms with E-state index in [4.69, 9.17) is 4.74 Å². The minimum absolute atomic E-state index is 0.199. The number of rotatable bonds is 4. The molecule has 0 saturated heterocycles. The molecule has 0 radical (unpaired) electrons. The average molecular weight is 270 g/mol. The first kappa shape index (κ1) is 14.3. The van der Waals surface area contributed by atoms with Crippen LogP contribution in [-0.4, -0.2) is 24.7 Å². The number of benzene rings is 2. The normalized spacial score (nSPS) is 11.1. The van der Waals surface area contributed by atoms with Crippen LogP contribution in [0.4, 0.5) is 4.79 Å². The van der Waals surface area contributed by atoms with Crippen molar-refractivity contribution in [2.45, 2.75) is 13.1 Å². The van der Waals surface area contributed by atoms with E-state index >= 15 is 0 Å². The molecular formula is C17H20NO2+. The minimum Gasteiger partial charge on any atom is -0.423 e. The lowest BCUT2D eigenvalue weighted by Gasteiger charge is -2.29. The molecule has 20 heavy (non-hydrogen) atoms. The Morgan fingerprint density at radius 1 is 0.900 bits per heavy atom. The summed E-state index contributed by atoms with van der Waals surface area (Å²) in [6.07, 6.45) is -0.224. The molecule has 0 aliphatic rings. The number of nitrogens with zero attached hydrogens (tertiary/aromatic N) is 1. The summed E-state index contributed by atoms with van der Waals surface area (Å²) in [4.78, 5) is 12.2. The van der Waals surface area contributed by atoms with E-state index in [1.807, 2.05) is 67.7 Å². The van der Waals surface area contributed by atoms with Gasteiger partial charge >= 0.3 is 6.09 Å². The highest BCUT2D eigenvalue weighted by Gasteiger charge is 2.33. The minimum atomic E-state index is -0.224. The highest BCUT2D eigenvalue weighted by molar-refractivity contribution is 5.59. The van der Waals surface area contributed by atoms with Crippen molar-refractivity contribution in [2.24, 2.45) is 0 Å². The van der Waals surface area contributed by atoms with Crippen molar-refractivity contribution in [1.82, 2.24) is 0 Å². The largest absolute Gasteiger partial charge is 0.516 e.